The fourth-order valence-electron chi connectivity index (χ4n) is 2.35. The molecule has 0 atom stereocenters. The minimum Gasteiger partial charge on any atom is -0.492 e. The molecule has 0 fully saturated rings. The molecule has 0 saturated carbocycles. The van der Waals surface area contributed by atoms with Crippen molar-refractivity contribution in [1.29, 1.82) is 0 Å². The van der Waals surface area contributed by atoms with Gasteiger partial charge in [0.2, 0.25) is 5.91 Å². The molecule has 3 N–H and O–H groups in total. The van der Waals surface area contributed by atoms with Gasteiger partial charge in [-0.25, -0.2) is 0 Å². The van der Waals surface area contributed by atoms with Crippen LogP contribution in [0, 0.1) is 0 Å². The molecule has 0 saturated heterocycles. The fraction of sp³-hybridized carbons (Fsp3) is 0.300. The highest BCUT2D eigenvalue weighted by Crippen LogP contribution is 2.23. The summed E-state index contributed by atoms with van der Waals surface area (Å²) in [6.07, 6.45) is 0. The topological polar surface area (TPSA) is 88.7 Å². The molecule has 0 unspecified atom stereocenters. The third kappa shape index (κ3) is 6.63. The van der Waals surface area contributed by atoms with Crippen molar-refractivity contribution < 1.29 is 19.1 Å². The summed E-state index contributed by atoms with van der Waals surface area (Å²) in [7, 11) is 1.58. The zero-order chi connectivity index (χ0) is 19.5. The van der Waals surface area contributed by atoms with Gasteiger partial charge in [0.25, 0.3) is 5.91 Å². The molecule has 0 aromatic heterocycles. The number of benzene rings is 2. The zero-order valence-corrected chi connectivity index (χ0v) is 15.6. The van der Waals surface area contributed by atoms with Gasteiger partial charge >= 0.3 is 0 Å². The van der Waals surface area contributed by atoms with Crippen LogP contribution in [0.15, 0.2) is 48.5 Å². The van der Waals surface area contributed by atoms with E-state index in [1.54, 1.807) is 31.4 Å². The van der Waals surface area contributed by atoms with Crippen LogP contribution in [-0.2, 0) is 9.53 Å². The second kappa shape index (κ2) is 10.8. The molecule has 0 aliphatic carbocycles. The summed E-state index contributed by atoms with van der Waals surface area (Å²) in [5, 5.41) is 8.59. The number of amides is 2. The molecule has 2 rings (SSSR count). The molecule has 0 spiro atoms. The van der Waals surface area contributed by atoms with Crippen LogP contribution in [0.2, 0.25) is 0 Å². The number of para-hydroxylation sites is 2. The molecule has 7 heteroatoms. The van der Waals surface area contributed by atoms with Crippen LogP contribution in [0.25, 0.3) is 0 Å². The third-order valence-corrected chi connectivity index (χ3v) is 3.65. The Bertz CT molecular complexity index is 747. The van der Waals surface area contributed by atoms with Crippen molar-refractivity contribution in [3.05, 3.63) is 54.1 Å². The first kappa shape index (κ1) is 20.3. The highest BCUT2D eigenvalue weighted by Gasteiger charge is 2.08. The van der Waals surface area contributed by atoms with Gasteiger partial charge in [0.05, 0.1) is 25.4 Å². The number of anilines is 2. The molecule has 2 aromatic rings. The Labute approximate surface area is 159 Å². The van der Waals surface area contributed by atoms with Crippen LogP contribution in [0.1, 0.15) is 17.3 Å². The first-order valence-electron chi connectivity index (χ1n) is 8.76. The lowest BCUT2D eigenvalue weighted by atomic mass is 10.2. The summed E-state index contributed by atoms with van der Waals surface area (Å²) in [6, 6.07) is 14.2. The number of nitrogens with one attached hydrogen (secondary N) is 3. The largest absolute Gasteiger partial charge is 0.492 e. The van der Waals surface area contributed by atoms with Crippen LogP contribution in [-0.4, -0.2) is 45.2 Å². The van der Waals surface area contributed by atoms with Gasteiger partial charge in [0, 0.05) is 24.9 Å². The number of carbonyl (C=O) groups excluding carboxylic acids is 2. The maximum Gasteiger partial charge on any atom is 0.251 e. The molecular weight excluding hydrogens is 346 g/mol. The molecule has 144 valence electrons. The minimum atomic E-state index is -0.196. The van der Waals surface area contributed by atoms with Crippen molar-refractivity contribution >= 4 is 23.2 Å². The van der Waals surface area contributed by atoms with Gasteiger partial charge < -0.3 is 25.4 Å². The Morgan fingerprint density at radius 2 is 1.78 bits per heavy atom. The number of hydrogen-bond donors (Lipinski definition) is 3. The van der Waals surface area contributed by atoms with Crippen molar-refractivity contribution in [2.75, 3.05) is 44.0 Å². The first-order chi connectivity index (χ1) is 13.1. The average molecular weight is 371 g/mol. The molecule has 0 heterocycles. The van der Waals surface area contributed by atoms with Crippen LogP contribution in [0.4, 0.5) is 11.4 Å². The van der Waals surface area contributed by atoms with Crippen LogP contribution < -0.4 is 20.7 Å². The van der Waals surface area contributed by atoms with E-state index in [1.807, 2.05) is 31.2 Å². The van der Waals surface area contributed by atoms with Gasteiger partial charge in [0.1, 0.15) is 5.75 Å². The number of rotatable bonds is 10. The van der Waals surface area contributed by atoms with Gasteiger partial charge in [-0.1, -0.05) is 12.1 Å². The lowest BCUT2D eigenvalue weighted by molar-refractivity contribution is -0.114. The van der Waals surface area contributed by atoms with Crippen LogP contribution >= 0.6 is 0 Å². The van der Waals surface area contributed by atoms with E-state index in [0.717, 1.165) is 5.69 Å². The summed E-state index contributed by atoms with van der Waals surface area (Å²) in [5.74, 6) is 0.328. The van der Waals surface area contributed by atoms with Gasteiger partial charge in [-0.2, -0.15) is 0 Å². The van der Waals surface area contributed by atoms with Crippen LogP contribution in [0.5, 0.6) is 5.75 Å². The van der Waals surface area contributed by atoms with E-state index >= 15 is 0 Å². The maximum absolute atomic E-state index is 12.1. The molecule has 2 amide bonds. The predicted molar refractivity (Wildman–Crippen MR) is 105 cm³/mol. The van der Waals surface area contributed by atoms with Crippen molar-refractivity contribution in [3.8, 4) is 5.75 Å². The summed E-state index contributed by atoms with van der Waals surface area (Å²) in [5.41, 5.74) is 1.90. The molecule has 0 radical (unpaired) electrons. The van der Waals surface area contributed by atoms with E-state index in [4.69, 9.17) is 9.47 Å². The quantitative estimate of drug-likeness (QED) is 0.559. The average Bonchev–Trinajstić information content (AvgIpc) is 2.68. The Balaban J connectivity index is 1.84. The minimum absolute atomic E-state index is 0.101. The van der Waals surface area contributed by atoms with E-state index in [9.17, 15) is 9.59 Å². The monoisotopic (exact) mass is 371 g/mol. The number of carbonyl (C=O) groups is 2. The molecule has 0 aliphatic rings. The fourth-order valence-corrected chi connectivity index (χ4v) is 2.35. The second-order valence-electron chi connectivity index (χ2n) is 5.66. The summed E-state index contributed by atoms with van der Waals surface area (Å²) in [4.78, 5) is 24.1. The van der Waals surface area contributed by atoms with E-state index in [-0.39, 0.29) is 18.4 Å². The Morgan fingerprint density at radius 3 is 2.48 bits per heavy atom. The molecular formula is C20H25N3O4. The number of ether oxygens (including phenoxy) is 2. The van der Waals surface area contributed by atoms with E-state index in [2.05, 4.69) is 16.0 Å². The summed E-state index contributed by atoms with van der Waals surface area (Å²) < 4.78 is 10.4. The van der Waals surface area contributed by atoms with Gasteiger partial charge in [-0.05, 0) is 43.3 Å². The molecule has 0 aliphatic heterocycles. The Hall–Kier alpha value is -3.06. The van der Waals surface area contributed by atoms with E-state index in [1.165, 1.54) is 0 Å². The lowest BCUT2D eigenvalue weighted by Crippen LogP contribution is -2.27. The second-order valence-corrected chi connectivity index (χ2v) is 5.66. The van der Waals surface area contributed by atoms with Crippen molar-refractivity contribution in [3.63, 3.8) is 0 Å². The van der Waals surface area contributed by atoms with E-state index in [0.29, 0.717) is 36.8 Å². The lowest BCUT2D eigenvalue weighted by Gasteiger charge is -2.12. The molecule has 27 heavy (non-hydrogen) atoms. The summed E-state index contributed by atoms with van der Waals surface area (Å²) >= 11 is 0. The number of hydrogen-bond acceptors (Lipinski definition) is 5. The smallest absolute Gasteiger partial charge is 0.251 e. The Kier molecular flexibility index (Phi) is 8.12. The van der Waals surface area contributed by atoms with Gasteiger partial charge in [0.15, 0.2) is 0 Å². The zero-order valence-electron chi connectivity index (χ0n) is 15.6. The van der Waals surface area contributed by atoms with Gasteiger partial charge in [-0.3, -0.25) is 9.59 Å². The van der Waals surface area contributed by atoms with Crippen molar-refractivity contribution in [2.45, 2.75) is 6.92 Å². The number of methoxy groups -OCH3 is 1. The maximum atomic E-state index is 12.1. The van der Waals surface area contributed by atoms with Crippen molar-refractivity contribution in [2.24, 2.45) is 0 Å². The standard InChI is InChI=1S/C20H25N3O4/c1-3-27-18-7-5-4-6-17(18)22-14-19(24)23-16-10-8-15(9-11-16)20(25)21-12-13-26-2/h4-11,22H,3,12-14H2,1-2H3,(H,21,25)(H,23,24). The highest BCUT2D eigenvalue weighted by atomic mass is 16.5. The first-order valence-corrected chi connectivity index (χ1v) is 8.76. The van der Waals surface area contributed by atoms with E-state index < -0.39 is 0 Å². The van der Waals surface area contributed by atoms with Crippen LogP contribution in [0.3, 0.4) is 0 Å². The molecule has 2 aromatic carbocycles. The summed E-state index contributed by atoms with van der Waals surface area (Å²) in [6.45, 7) is 3.46. The Morgan fingerprint density at radius 1 is 1.04 bits per heavy atom. The van der Waals surface area contributed by atoms with Crippen molar-refractivity contribution in [1.82, 2.24) is 5.32 Å². The molecule has 0 bridgehead atoms. The normalized spacial score (nSPS) is 10.1. The van der Waals surface area contributed by atoms with Gasteiger partial charge in [-0.15, -0.1) is 0 Å². The SMILES string of the molecule is CCOc1ccccc1NCC(=O)Nc1ccc(C(=O)NCCOC)cc1. The predicted octanol–water partition coefficient (Wildman–Crippen LogP) is 2.51. The third-order valence-electron chi connectivity index (χ3n) is 3.65. The highest BCUT2D eigenvalue weighted by molar-refractivity contribution is 5.96. The molecule has 7 nitrogen and oxygen atoms in total.